The third kappa shape index (κ3) is 6.86. The maximum Gasteiger partial charge on any atom is 0.419 e. The van der Waals surface area contributed by atoms with Gasteiger partial charge in [-0.05, 0) is 79.6 Å². The summed E-state index contributed by atoms with van der Waals surface area (Å²) in [6, 6.07) is 16.6. The Morgan fingerprint density at radius 1 is 1.12 bits per heavy atom. The van der Waals surface area contributed by atoms with Gasteiger partial charge in [0.2, 0.25) is 0 Å². The van der Waals surface area contributed by atoms with Crippen molar-refractivity contribution in [3.8, 4) is 17.2 Å². The van der Waals surface area contributed by atoms with Crippen LogP contribution in [0.25, 0.3) is 16.8 Å². The van der Waals surface area contributed by atoms with Gasteiger partial charge in [0.05, 0.1) is 34.5 Å². The first-order chi connectivity index (χ1) is 20.5. The van der Waals surface area contributed by atoms with E-state index in [9.17, 15) is 31.8 Å². The summed E-state index contributed by atoms with van der Waals surface area (Å²) in [5.41, 5.74) is 1.14. The van der Waals surface area contributed by atoms with Gasteiger partial charge in [-0.2, -0.15) is 18.4 Å². The molecule has 1 fully saturated rings. The fraction of sp³-hybridized carbons (Fsp3) is 0.344. The second-order valence-corrected chi connectivity index (χ2v) is 12.5. The molecular weight excluding hydrogens is 580 g/mol. The molecule has 0 spiro atoms. The Kier molecular flexibility index (Phi) is 9.08. The van der Waals surface area contributed by atoms with Crippen molar-refractivity contribution < 1.29 is 21.8 Å². The first kappa shape index (κ1) is 30.6. The van der Waals surface area contributed by atoms with Crippen LogP contribution in [0.4, 0.5) is 17.6 Å². The van der Waals surface area contributed by atoms with E-state index in [0.717, 1.165) is 25.0 Å². The summed E-state index contributed by atoms with van der Waals surface area (Å²) in [6.07, 6.45) is -1.45. The number of hydrogen-bond acceptors (Lipinski definition) is 5. The van der Waals surface area contributed by atoms with Gasteiger partial charge in [0.1, 0.15) is 11.5 Å². The first-order valence-corrected chi connectivity index (χ1v) is 15.5. The Balaban J connectivity index is 1.55. The zero-order valence-corrected chi connectivity index (χ0v) is 24.3. The van der Waals surface area contributed by atoms with E-state index in [0.29, 0.717) is 58.2 Å². The molecule has 0 bridgehead atoms. The molecule has 0 amide bonds. The molecule has 4 aromatic rings. The lowest BCUT2D eigenvalue weighted by Gasteiger charge is -2.34. The molecule has 2 aromatic heterocycles. The average molecular weight is 611 g/mol. The molecule has 1 aliphatic rings. The van der Waals surface area contributed by atoms with Crippen LogP contribution in [0.1, 0.15) is 48.2 Å². The molecule has 2 aromatic carbocycles. The number of aromatic nitrogens is 2. The molecule has 3 heterocycles. The molecule has 224 valence electrons. The average Bonchev–Trinajstić information content (AvgIpc) is 3.00. The fourth-order valence-corrected chi connectivity index (χ4v) is 6.98. The summed E-state index contributed by atoms with van der Waals surface area (Å²) in [5.74, 6) is 0.0705. The molecule has 0 N–H and O–H groups in total. The Bertz CT molecular complexity index is 1740. The molecule has 0 aliphatic carbocycles. The Labute approximate surface area is 249 Å². The number of rotatable bonds is 8. The molecule has 6 nitrogen and oxygen atoms in total. The number of benzene rings is 2. The molecule has 43 heavy (non-hydrogen) atoms. The number of nitriles is 1. The van der Waals surface area contributed by atoms with Crippen molar-refractivity contribution in [2.75, 3.05) is 24.6 Å². The Hall–Kier alpha value is -3.88. The Morgan fingerprint density at radius 3 is 2.51 bits per heavy atom. The van der Waals surface area contributed by atoms with Crippen molar-refractivity contribution in [3.63, 3.8) is 0 Å². The Morgan fingerprint density at radius 2 is 1.84 bits per heavy atom. The van der Waals surface area contributed by atoms with Crippen LogP contribution >= 0.6 is 0 Å². The molecule has 1 aliphatic heterocycles. The van der Waals surface area contributed by atoms with Gasteiger partial charge in [-0.3, -0.25) is 18.3 Å². The molecule has 0 unspecified atom stereocenters. The van der Waals surface area contributed by atoms with Crippen LogP contribution in [0.2, 0.25) is 0 Å². The number of hydrogen-bond donors (Lipinski definition) is 0. The van der Waals surface area contributed by atoms with E-state index in [4.69, 9.17) is 4.98 Å². The van der Waals surface area contributed by atoms with Crippen LogP contribution in [0.15, 0.2) is 71.7 Å². The van der Waals surface area contributed by atoms with Gasteiger partial charge in [-0.15, -0.1) is 0 Å². The largest absolute Gasteiger partial charge is 0.419 e. The van der Waals surface area contributed by atoms with Gasteiger partial charge in [-0.1, -0.05) is 24.3 Å². The number of nitrogens with zero attached hydrogens (tertiary/aromatic N) is 4. The van der Waals surface area contributed by atoms with E-state index >= 15 is 0 Å². The van der Waals surface area contributed by atoms with Crippen LogP contribution in [-0.4, -0.2) is 43.1 Å². The quantitative estimate of drug-likeness (QED) is 0.224. The van der Waals surface area contributed by atoms with Crippen LogP contribution in [0, 0.1) is 23.1 Å². The second kappa shape index (κ2) is 12.8. The maximum atomic E-state index is 14.0. The van der Waals surface area contributed by atoms with Crippen LogP contribution in [-0.2, 0) is 23.4 Å². The van der Waals surface area contributed by atoms with E-state index in [1.54, 1.807) is 48.7 Å². The molecule has 1 atom stereocenters. The summed E-state index contributed by atoms with van der Waals surface area (Å²) in [4.78, 5) is 20.9. The number of pyridine rings is 1. The van der Waals surface area contributed by atoms with E-state index in [2.05, 4.69) is 11.0 Å². The highest BCUT2D eigenvalue weighted by atomic mass is 32.2. The van der Waals surface area contributed by atoms with Crippen LogP contribution < -0.4 is 5.56 Å². The topological polar surface area (TPSA) is 78.5 Å². The van der Waals surface area contributed by atoms with E-state index < -0.39 is 34.4 Å². The van der Waals surface area contributed by atoms with Crippen molar-refractivity contribution in [2.24, 2.45) is 5.92 Å². The minimum absolute atomic E-state index is 0.207. The summed E-state index contributed by atoms with van der Waals surface area (Å²) in [5, 5.41) is 9.28. The highest BCUT2D eigenvalue weighted by Crippen LogP contribution is 2.33. The normalized spacial score (nSPS) is 18.1. The third-order valence-corrected chi connectivity index (χ3v) is 9.41. The predicted octanol–water partition coefficient (Wildman–Crippen LogP) is 6.16. The monoisotopic (exact) mass is 610 g/mol. The van der Waals surface area contributed by atoms with Gasteiger partial charge < -0.3 is 0 Å². The van der Waals surface area contributed by atoms with Crippen LogP contribution in [0.3, 0.4) is 0 Å². The lowest BCUT2D eigenvalue weighted by molar-refractivity contribution is -0.140. The van der Waals surface area contributed by atoms with E-state index in [1.807, 2.05) is 6.92 Å². The standard InChI is InChI=1S/C32H30F4N4O2S/c1-21(30-29(25-8-5-23(19-37)6-9-25)31(41)40-14-3-2-4-28(40)38-30)39(20-24-12-16-43(42)17-13-24)15-11-22-7-10-27(33)26(18-22)32(34,35)36/h2-10,14,18,21,24H,11-13,15-17,20H2,1H3/t21-,24?,43?/m1/s1. The van der Waals surface area contributed by atoms with Gasteiger partial charge in [-0.25, -0.2) is 9.37 Å². The highest BCUT2D eigenvalue weighted by molar-refractivity contribution is 7.85. The minimum Gasteiger partial charge on any atom is -0.294 e. The summed E-state index contributed by atoms with van der Waals surface area (Å²) < 4.78 is 67.6. The highest BCUT2D eigenvalue weighted by Gasteiger charge is 2.34. The summed E-state index contributed by atoms with van der Waals surface area (Å²) in [6.45, 7) is 2.81. The van der Waals surface area contributed by atoms with Gasteiger partial charge in [0, 0.05) is 41.6 Å². The molecular formula is C32H30F4N4O2S. The van der Waals surface area contributed by atoms with E-state index in [-0.39, 0.29) is 17.9 Å². The van der Waals surface area contributed by atoms with Crippen molar-refractivity contribution >= 4 is 16.4 Å². The minimum atomic E-state index is -4.81. The number of halogens is 4. The second-order valence-electron chi connectivity index (χ2n) is 10.8. The SMILES string of the molecule is C[C@H](c1nc2ccccn2c(=O)c1-c1ccc(C#N)cc1)N(CCc1ccc(F)c(C(F)(F)F)c1)CC1CCS(=O)CC1. The zero-order valence-electron chi connectivity index (χ0n) is 23.5. The lowest BCUT2D eigenvalue weighted by atomic mass is 9.96. The van der Waals surface area contributed by atoms with Crippen molar-refractivity contribution in [1.82, 2.24) is 14.3 Å². The predicted molar refractivity (Wildman–Crippen MR) is 157 cm³/mol. The number of fused-ring (bicyclic) bond motifs is 1. The van der Waals surface area contributed by atoms with Crippen molar-refractivity contribution in [2.45, 2.75) is 38.4 Å². The van der Waals surface area contributed by atoms with Gasteiger partial charge >= 0.3 is 6.18 Å². The number of alkyl halides is 3. The molecule has 11 heteroatoms. The molecule has 0 saturated carbocycles. The van der Waals surface area contributed by atoms with Gasteiger partial charge in [0.25, 0.3) is 5.56 Å². The summed E-state index contributed by atoms with van der Waals surface area (Å²) in [7, 11) is -0.860. The third-order valence-electron chi connectivity index (χ3n) is 8.03. The van der Waals surface area contributed by atoms with Gasteiger partial charge in [0.15, 0.2) is 0 Å². The first-order valence-electron chi connectivity index (χ1n) is 14.0. The molecule has 5 rings (SSSR count). The van der Waals surface area contributed by atoms with E-state index in [1.165, 1.54) is 10.5 Å². The van der Waals surface area contributed by atoms with Crippen molar-refractivity contribution in [3.05, 3.63) is 105 Å². The maximum absolute atomic E-state index is 14.0. The summed E-state index contributed by atoms with van der Waals surface area (Å²) >= 11 is 0. The van der Waals surface area contributed by atoms with Crippen molar-refractivity contribution in [1.29, 1.82) is 5.26 Å². The molecule has 0 radical (unpaired) electrons. The smallest absolute Gasteiger partial charge is 0.294 e. The van der Waals surface area contributed by atoms with Crippen LogP contribution in [0.5, 0.6) is 0 Å². The fourth-order valence-electron chi connectivity index (χ4n) is 5.58. The lowest BCUT2D eigenvalue weighted by Crippen LogP contribution is -2.37. The zero-order chi connectivity index (χ0) is 30.7. The molecule has 1 saturated heterocycles.